The Morgan fingerprint density at radius 1 is 1.12 bits per heavy atom. The van der Waals surface area contributed by atoms with Crippen molar-refractivity contribution in [3.05, 3.63) is 63.9 Å². The summed E-state index contributed by atoms with van der Waals surface area (Å²) in [7, 11) is 1.86. The van der Waals surface area contributed by atoms with Gasteiger partial charge in [0.15, 0.2) is 17.1 Å². The molecule has 6 nitrogen and oxygen atoms in total. The quantitative estimate of drug-likeness (QED) is 0.392. The number of hydrogen-bond donors (Lipinski definition) is 1. The minimum atomic E-state index is -0.299. The Bertz CT molecular complexity index is 1090. The average molecular weight is 493 g/mol. The predicted molar refractivity (Wildman–Crippen MR) is 131 cm³/mol. The van der Waals surface area contributed by atoms with Crippen LogP contribution in [0.2, 0.25) is 10.0 Å². The summed E-state index contributed by atoms with van der Waals surface area (Å²) in [4.78, 5) is 12.3. The van der Waals surface area contributed by atoms with E-state index in [4.69, 9.17) is 27.9 Å². The SMILES string of the molecule is CC(Oc1ccc(C(C)(C)C)cc1)c1nnc(SCC(=O)Nc2ccc(Cl)c(Cl)c2)n1C. The molecule has 0 aliphatic carbocycles. The van der Waals surface area contributed by atoms with Crippen molar-refractivity contribution in [2.24, 2.45) is 7.05 Å². The molecule has 0 bridgehead atoms. The molecule has 1 heterocycles. The van der Waals surface area contributed by atoms with Crippen LogP contribution in [0.25, 0.3) is 0 Å². The summed E-state index contributed by atoms with van der Waals surface area (Å²) < 4.78 is 7.89. The number of thioether (sulfide) groups is 1. The smallest absolute Gasteiger partial charge is 0.234 e. The molecule has 3 aromatic rings. The van der Waals surface area contributed by atoms with E-state index in [-0.39, 0.29) is 23.2 Å². The van der Waals surface area contributed by atoms with Gasteiger partial charge in [0.2, 0.25) is 5.91 Å². The van der Waals surface area contributed by atoms with Crippen LogP contribution in [0.15, 0.2) is 47.6 Å². The minimum Gasteiger partial charge on any atom is -0.483 e. The van der Waals surface area contributed by atoms with Crippen molar-refractivity contribution in [2.75, 3.05) is 11.1 Å². The van der Waals surface area contributed by atoms with Crippen molar-refractivity contribution >= 4 is 46.6 Å². The van der Waals surface area contributed by atoms with Gasteiger partial charge in [0.05, 0.1) is 15.8 Å². The van der Waals surface area contributed by atoms with Crippen molar-refractivity contribution < 1.29 is 9.53 Å². The first-order valence-electron chi connectivity index (χ1n) is 10.1. The summed E-state index contributed by atoms with van der Waals surface area (Å²) in [6.07, 6.45) is -0.299. The summed E-state index contributed by atoms with van der Waals surface area (Å²) in [6.45, 7) is 8.45. The Kier molecular flexibility index (Phi) is 7.75. The zero-order valence-corrected chi connectivity index (χ0v) is 21.0. The van der Waals surface area contributed by atoms with Crippen LogP contribution in [0.3, 0.4) is 0 Å². The van der Waals surface area contributed by atoms with E-state index in [1.807, 2.05) is 30.7 Å². The molecule has 1 aromatic heterocycles. The maximum Gasteiger partial charge on any atom is 0.234 e. The number of amides is 1. The average Bonchev–Trinajstić information content (AvgIpc) is 3.09. The Morgan fingerprint density at radius 2 is 1.81 bits per heavy atom. The highest BCUT2D eigenvalue weighted by Crippen LogP contribution is 2.28. The van der Waals surface area contributed by atoms with Gasteiger partial charge in [-0.1, -0.05) is 67.9 Å². The lowest BCUT2D eigenvalue weighted by Crippen LogP contribution is -2.15. The van der Waals surface area contributed by atoms with Crippen LogP contribution >= 0.6 is 35.0 Å². The van der Waals surface area contributed by atoms with Gasteiger partial charge in [-0.2, -0.15) is 0 Å². The van der Waals surface area contributed by atoms with Crippen molar-refractivity contribution in [1.29, 1.82) is 0 Å². The number of nitrogens with one attached hydrogen (secondary N) is 1. The van der Waals surface area contributed by atoms with Gasteiger partial charge in [-0.25, -0.2) is 0 Å². The third-order valence-corrected chi connectivity index (χ3v) is 6.56. The Balaban J connectivity index is 1.58. The van der Waals surface area contributed by atoms with Gasteiger partial charge in [0.25, 0.3) is 0 Å². The first-order valence-corrected chi connectivity index (χ1v) is 11.8. The van der Waals surface area contributed by atoms with Gasteiger partial charge in [0, 0.05) is 12.7 Å². The number of halogens is 2. The number of benzene rings is 2. The zero-order valence-electron chi connectivity index (χ0n) is 18.6. The maximum absolute atomic E-state index is 12.3. The first kappa shape index (κ1) is 24.4. The van der Waals surface area contributed by atoms with Gasteiger partial charge in [-0.3, -0.25) is 4.79 Å². The van der Waals surface area contributed by atoms with E-state index >= 15 is 0 Å². The van der Waals surface area contributed by atoms with E-state index in [9.17, 15) is 4.79 Å². The summed E-state index contributed by atoms with van der Waals surface area (Å²) >= 11 is 13.2. The van der Waals surface area contributed by atoms with Crippen LogP contribution in [0.4, 0.5) is 5.69 Å². The maximum atomic E-state index is 12.3. The van der Waals surface area contributed by atoms with Crippen molar-refractivity contribution in [3.63, 3.8) is 0 Å². The molecule has 0 spiro atoms. The largest absolute Gasteiger partial charge is 0.483 e. The summed E-state index contributed by atoms with van der Waals surface area (Å²) in [5, 5.41) is 12.7. The number of nitrogens with zero attached hydrogens (tertiary/aromatic N) is 3. The first-order chi connectivity index (χ1) is 15.0. The molecular weight excluding hydrogens is 467 g/mol. The molecular formula is C23H26Cl2N4O2S. The minimum absolute atomic E-state index is 0.0893. The molecule has 3 rings (SSSR count). The highest BCUT2D eigenvalue weighted by molar-refractivity contribution is 7.99. The third kappa shape index (κ3) is 6.18. The van der Waals surface area contributed by atoms with Gasteiger partial charge in [-0.15, -0.1) is 10.2 Å². The Morgan fingerprint density at radius 3 is 2.44 bits per heavy atom. The van der Waals surface area contributed by atoms with E-state index in [0.29, 0.717) is 26.7 Å². The zero-order chi connectivity index (χ0) is 23.5. The van der Waals surface area contributed by atoms with E-state index in [0.717, 1.165) is 5.75 Å². The molecule has 0 radical (unpaired) electrons. The van der Waals surface area contributed by atoms with Crippen LogP contribution in [0.1, 0.15) is 45.2 Å². The number of aromatic nitrogens is 3. The Labute approximate surface area is 202 Å². The second-order valence-electron chi connectivity index (χ2n) is 8.40. The molecule has 0 aliphatic rings. The molecule has 32 heavy (non-hydrogen) atoms. The highest BCUT2D eigenvalue weighted by Gasteiger charge is 2.19. The summed E-state index contributed by atoms with van der Waals surface area (Å²) in [5.41, 5.74) is 1.92. The fraction of sp³-hybridized carbons (Fsp3) is 0.348. The normalized spacial score (nSPS) is 12.5. The predicted octanol–water partition coefficient (Wildman–Crippen LogP) is 6.29. The molecule has 1 unspecified atom stereocenters. The van der Waals surface area contributed by atoms with Gasteiger partial charge in [-0.05, 0) is 48.2 Å². The molecule has 9 heteroatoms. The second-order valence-corrected chi connectivity index (χ2v) is 10.2. The van der Waals surface area contributed by atoms with E-state index in [1.54, 1.807) is 18.2 Å². The molecule has 1 N–H and O–H groups in total. The third-order valence-electron chi connectivity index (χ3n) is 4.80. The number of anilines is 1. The van der Waals surface area contributed by atoms with Gasteiger partial charge in [0.1, 0.15) is 5.75 Å². The van der Waals surface area contributed by atoms with Crippen LogP contribution < -0.4 is 10.1 Å². The lowest BCUT2D eigenvalue weighted by molar-refractivity contribution is -0.113. The van der Waals surface area contributed by atoms with Crippen LogP contribution in [-0.4, -0.2) is 26.4 Å². The van der Waals surface area contributed by atoms with Crippen LogP contribution in [0.5, 0.6) is 5.75 Å². The molecule has 0 saturated heterocycles. The molecule has 2 aromatic carbocycles. The van der Waals surface area contributed by atoms with Crippen LogP contribution in [-0.2, 0) is 17.3 Å². The monoisotopic (exact) mass is 492 g/mol. The van der Waals surface area contributed by atoms with Crippen molar-refractivity contribution in [1.82, 2.24) is 14.8 Å². The van der Waals surface area contributed by atoms with E-state index in [2.05, 4.69) is 48.4 Å². The van der Waals surface area contributed by atoms with Gasteiger partial charge >= 0.3 is 0 Å². The topological polar surface area (TPSA) is 69.0 Å². The second kappa shape index (κ2) is 10.1. The van der Waals surface area contributed by atoms with Crippen LogP contribution in [0, 0.1) is 0 Å². The summed E-state index contributed by atoms with van der Waals surface area (Å²) in [5.74, 6) is 1.44. The number of rotatable bonds is 7. The molecule has 170 valence electrons. The lowest BCUT2D eigenvalue weighted by Gasteiger charge is -2.20. The number of carbonyl (C=O) groups excluding carboxylic acids is 1. The molecule has 0 fully saturated rings. The van der Waals surface area contributed by atoms with E-state index < -0.39 is 0 Å². The van der Waals surface area contributed by atoms with Crippen molar-refractivity contribution in [3.8, 4) is 5.75 Å². The molecule has 0 aliphatic heterocycles. The fourth-order valence-electron chi connectivity index (χ4n) is 3.00. The number of ether oxygens (including phenoxy) is 1. The lowest BCUT2D eigenvalue weighted by atomic mass is 9.87. The number of carbonyl (C=O) groups is 1. The molecule has 1 atom stereocenters. The van der Waals surface area contributed by atoms with Crippen molar-refractivity contribution in [2.45, 2.75) is 44.4 Å². The highest BCUT2D eigenvalue weighted by atomic mass is 35.5. The fourth-order valence-corrected chi connectivity index (χ4v) is 4.01. The standard InChI is InChI=1S/C23H26Cl2N4O2S/c1-14(31-17-9-6-15(7-10-17)23(2,3)4)21-27-28-22(29(21)5)32-13-20(30)26-16-8-11-18(24)19(25)12-16/h6-12,14H,13H2,1-5H3,(H,26,30). The molecule has 0 saturated carbocycles. The van der Waals surface area contributed by atoms with E-state index in [1.165, 1.54) is 17.3 Å². The van der Waals surface area contributed by atoms with Gasteiger partial charge < -0.3 is 14.6 Å². The summed E-state index contributed by atoms with van der Waals surface area (Å²) in [6, 6.07) is 13.0. The Hall–Kier alpha value is -2.22. The molecule has 1 amide bonds. The number of hydrogen-bond acceptors (Lipinski definition) is 5.